The van der Waals surface area contributed by atoms with Gasteiger partial charge in [0.05, 0.1) is 18.8 Å². The zero-order chi connectivity index (χ0) is 90.2. The van der Waals surface area contributed by atoms with Gasteiger partial charge in [-0.05, 0) is 153 Å². The van der Waals surface area contributed by atoms with E-state index in [1.807, 2.05) is 0 Å². The van der Waals surface area contributed by atoms with Gasteiger partial charge in [0.1, 0.15) is 86.6 Å². The molecule has 3 aliphatic rings. The molecule has 5 rings (SSSR count). The Morgan fingerprint density at radius 2 is 0.849 bits per heavy atom. The fraction of sp³-hybridized carbons (Fsp3) is 0.630. The van der Waals surface area contributed by atoms with E-state index in [1.54, 1.807) is 81.4 Å². The molecule has 658 valence electrons. The minimum atomic E-state index is -1.95. The second-order valence-electron chi connectivity index (χ2n) is 35.2. The smallest absolute Gasteiger partial charge is 0.326 e. The second kappa shape index (κ2) is 40.0. The van der Waals surface area contributed by atoms with Crippen LogP contribution < -0.4 is 74.9 Å². The van der Waals surface area contributed by atoms with E-state index in [9.17, 15) is 102 Å². The highest BCUT2D eigenvalue weighted by Gasteiger charge is 2.52. The van der Waals surface area contributed by atoms with Crippen molar-refractivity contribution in [3.63, 3.8) is 0 Å². The molecular weight excluding hydrogens is 1550 g/mol. The maximum absolute atomic E-state index is 14.7. The monoisotopic (exact) mass is 1670 g/mol. The Bertz CT molecular complexity index is 4150. The summed E-state index contributed by atoms with van der Waals surface area (Å²) in [5.74, 6) is -15.8. The van der Waals surface area contributed by atoms with Crippen LogP contribution in [0.15, 0.2) is 60.7 Å². The number of hydrogen-bond acceptors (Lipinski definition) is 20. The Hall–Kier alpha value is -11.2. The van der Waals surface area contributed by atoms with Crippen LogP contribution in [0.1, 0.15) is 194 Å². The third-order valence-electron chi connectivity index (χ3n) is 20.9. The summed E-state index contributed by atoms with van der Waals surface area (Å²) in [4.78, 5) is 251. The zero-order valence-corrected chi connectivity index (χ0v) is 71.6. The minimum absolute atomic E-state index is 0.00479. The fourth-order valence-electron chi connectivity index (χ4n) is 13.7. The molecule has 0 unspecified atom stereocenters. The molecule has 0 aromatic heterocycles. The summed E-state index contributed by atoms with van der Waals surface area (Å²) in [6.07, 6.45) is -3.73. The molecule has 0 bridgehead atoms. The lowest BCUT2D eigenvalue weighted by Crippen LogP contribution is -2.68. The average Bonchev–Trinajstić information content (AvgIpc) is 1.77. The van der Waals surface area contributed by atoms with E-state index in [0.717, 1.165) is 15.4 Å². The Balaban J connectivity index is 1.18. The van der Waals surface area contributed by atoms with Gasteiger partial charge in [0.25, 0.3) is 0 Å². The first-order chi connectivity index (χ1) is 54.8. The SMILES string of the molecule is CC[C@](C)(NC(=O)[C@H](CC(C)C)NC(=O)CNC(=O)C(C)(C)NC(=O)C(C)(C)NC(=O)C(C)(C)NC(=O)C(C)(C)NC(=O)[C@H](Cc1ccccc1)NC(C)=O)C(=O)NC(C)(C)C(=O)N1C[C@H](O)C[C@H]1C(=O)N[C@@H](CCC(N)=O)C(=O)NC(C)(C)C(=O)N1C[C@H](O)C[C@H]1C(=O)NC(C)(C)C(=O)N1CCC[C@H]1C(=O)N[C@@H](Cc1ccccc1)C(=O)O. The van der Waals surface area contributed by atoms with Gasteiger partial charge in [-0.25, -0.2) is 4.79 Å². The Kier molecular flexibility index (Phi) is 33.1. The number of carbonyl (C=O) groups is 18. The number of aliphatic hydroxyl groups is 2. The third kappa shape index (κ3) is 27.2. The number of amides is 17. The lowest BCUT2D eigenvalue weighted by molar-refractivity contribution is -0.149. The molecule has 0 saturated carbocycles. The Morgan fingerprint density at radius 3 is 1.31 bits per heavy atom. The minimum Gasteiger partial charge on any atom is -0.480 e. The van der Waals surface area contributed by atoms with E-state index in [2.05, 4.69) is 69.1 Å². The number of rotatable bonds is 39. The quantitative estimate of drug-likeness (QED) is 0.0326. The highest BCUT2D eigenvalue weighted by molar-refractivity contribution is 6.04. The van der Waals surface area contributed by atoms with Crippen LogP contribution in [0.4, 0.5) is 0 Å². The van der Waals surface area contributed by atoms with Gasteiger partial charge in [-0.3, -0.25) is 81.5 Å². The highest BCUT2D eigenvalue weighted by atomic mass is 16.4. The van der Waals surface area contributed by atoms with Gasteiger partial charge in [-0.15, -0.1) is 0 Å². The van der Waals surface area contributed by atoms with Crippen LogP contribution in [-0.2, 0) is 99.1 Å². The van der Waals surface area contributed by atoms with E-state index in [0.29, 0.717) is 12.0 Å². The number of nitrogens with two attached hydrogens (primary N) is 1. The first-order valence-corrected chi connectivity index (χ1v) is 39.7. The number of primary amides is 1. The molecular formula is C81H123N17O21. The number of hydrogen-bond donors (Lipinski definition) is 17. The average molecular weight is 1670 g/mol. The standard InChI is InChI=1S/C81H123N17O21/c1-20-81(19,91-61(106)51(36-44(2)3)85-58(103)41-83-66(112)74(5,6)92-68(114)76(9,10)94-69(115)77(11,12)93-67(113)75(7,8)88-60(105)52(84-45(4)99)37-46-28-23-21-24-29-46)70(116)95-80(17,18)73(119)97-42-48(100)39-55(97)63(108)86-50(33-34-57(82)102)59(104)89-79(15,16)72(118)98-43-49(101)40-56(98)64(109)90-78(13,14)71(117)96-35-27-32-54(96)62(107)87-53(65(110)111)38-47-30-25-22-26-31-47/h21-26,28-31,44,48-56,100-101H,20,27,32-43H2,1-19H3,(H2,82,102)(H,83,112)(H,84,99)(H,85,103)(H,86,108)(H,87,107)(H,88,105)(H,89,104)(H,90,109)(H,91,106)(H,92,114)(H,93,113)(H,94,115)(H,95,116)(H,110,111)/t48-,49-,50+,51+,52+,53+,54+,55+,56+,81+/m1/s1. The van der Waals surface area contributed by atoms with Crippen LogP contribution in [0.2, 0.25) is 0 Å². The van der Waals surface area contributed by atoms with Crippen molar-refractivity contribution < 1.29 is 102 Å². The van der Waals surface area contributed by atoms with Crippen molar-refractivity contribution in [1.29, 1.82) is 0 Å². The summed E-state index contributed by atoms with van der Waals surface area (Å²) in [5, 5.41) is 65.4. The lowest BCUT2D eigenvalue weighted by Gasteiger charge is -2.37. The Labute approximate surface area is 693 Å². The van der Waals surface area contributed by atoms with Crippen LogP contribution in [0.5, 0.6) is 0 Å². The number of β-amino-alcohol motifs (C(OH)–C–C–N with tert-alkyl or cyclic N) is 2. The Morgan fingerprint density at radius 1 is 0.454 bits per heavy atom. The maximum Gasteiger partial charge on any atom is 0.326 e. The number of nitrogens with one attached hydrogen (secondary N) is 13. The molecule has 38 heteroatoms. The van der Waals surface area contributed by atoms with Gasteiger partial charge >= 0.3 is 5.97 Å². The number of carbonyl (C=O) groups excluding carboxylic acids is 17. The topological polar surface area (TPSA) is 560 Å². The van der Waals surface area contributed by atoms with Crippen LogP contribution in [0.25, 0.3) is 0 Å². The summed E-state index contributed by atoms with van der Waals surface area (Å²) < 4.78 is 0. The summed E-state index contributed by atoms with van der Waals surface area (Å²) >= 11 is 0. The number of benzene rings is 2. The van der Waals surface area contributed by atoms with Crippen molar-refractivity contribution in [3.05, 3.63) is 71.8 Å². The first kappa shape index (κ1) is 98.4. The molecule has 17 amide bonds. The van der Waals surface area contributed by atoms with Crippen molar-refractivity contribution in [1.82, 2.24) is 83.8 Å². The van der Waals surface area contributed by atoms with E-state index in [4.69, 9.17) is 5.73 Å². The van der Waals surface area contributed by atoms with E-state index in [-0.39, 0.29) is 51.0 Å². The van der Waals surface area contributed by atoms with E-state index < -0.39 is 244 Å². The van der Waals surface area contributed by atoms with Gasteiger partial charge in [0.2, 0.25) is 100 Å². The maximum atomic E-state index is 14.7. The lowest BCUT2D eigenvalue weighted by atomic mass is 9.93. The van der Waals surface area contributed by atoms with Crippen LogP contribution >= 0.6 is 0 Å². The predicted molar refractivity (Wildman–Crippen MR) is 432 cm³/mol. The van der Waals surface area contributed by atoms with E-state index in [1.165, 1.54) is 116 Å². The van der Waals surface area contributed by atoms with Gasteiger partial charge in [0.15, 0.2) is 0 Å². The van der Waals surface area contributed by atoms with Crippen LogP contribution in [-0.4, -0.2) is 261 Å². The molecule has 3 fully saturated rings. The van der Waals surface area contributed by atoms with Crippen LogP contribution in [0.3, 0.4) is 0 Å². The molecule has 3 heterocycles. The molecule has 2 aromatic carbocycles. The zero-order valence-electron chi connectivity index (χ0n) is 71.6. The van der Waals surface area contributed by atoms with Crippen molar-refractivity contribution in [2.45, 2.75) is 295 Å². The van der Waals surface area contributed by atoms with Gasteiger partial charge in [0, 0.05) is 58.7 Å². The molecule has 119 heavy (non-hydrogen) atoms. The molecule has 2 aromatic rings. The number of carboxylic acids is 1. The molecule has 3 saturated heterocycles. The van der Waals surface area contributed by atoms with E-state index >= 15 is 0 Å². The van der Waals surface area contributed by atoms with Gasteiger partial charge in [-0.1, -0.05) is 81.4 Å². The third-order valence-corrected chi connectivity index (χ3v) is 20.9. The molecule has 18 N–H and O–H groups in total. The van der Waals surface area contributed by atoms with Gasteiger partial charge in [-0.2, -0.15) is 0 Å². The number of aliphatic hydroxyl groups excluding tert-OH is 2. The largest absolute Gasteiger partial charge is 0.480 e. The second-order valence-corrected chi connectivity index (χ2v) is 35.2. The molecule has 3 aliphatic heterocycles. The summed E-state index contributed by atoms with van der Waals surface area (Å²) in [6.45, 7) is 24.8. The predicted octanol–water partition coefficient (Wildman–Crippen LogP) is -2.59. The molecule has 38 nitrogen and oxygen atoms in total. The van der Waals surface area contributed by atoms with Crippen LogP contribution in [0, 0.1) is 5.92 Å². The molecule has 10 atom stereocenters. The fourth-order valence-corrected chi connectivity index (χ4v) is 13.7. The number of carboxylic acid groups (broad SMARTS) is 1. The van der Waals surface area contributed by atoms with Crippen molar-refractivity contribution >= 4 is 106 Å². The first-order valence-electron chi connectivity index (χ1n) is 39.7. The van der Waals surface area contributed by atoms with Crippen molar-refractivity contribution in [2.24, 2.45) is 11.7 Å². The summed E-state index contributed by atoms with van der Waals surface area (Å²) in [6, 6.07) is 8.05. The van der Waals surface area contributed by atoms with Gasteiger partial charge < -0.3 is 105 Å². The normalized spacial score (nSPS) is 18.7. The number of nitrogens with zero attached hydrogens (tertiary/aromatic N) is 3. The molecule has 0 spiro atoms. The number of likely N-dealkylation sites (tertiary alicyclic amines) is 3. The molecule has 0 radical (unpaired) electrons. The highest BCUT2D eigenvalue weighted by Crippen LogP contribution is 2.29. The summed E-state index contributed by atoms with van der Waals surface area (Å²) in [7, 11) is 0. The van der Waals surface area contributed by atoms with Crippen molar-refractivity contribution in [3.8, 4) is 0 Å². The number of aliphatic carboxylic acids is 1. The molecule has 0 aliphatic carbocycles. The van der Waals surface area contributed by atoms with Crippen molar-refractivity contribution in [2.75, 3.05) is 26.2 Å². The summed E-state index contributed by atoms with van der Waals surface area (Å²) in [5.41, 5.74) is -7.42.